The molecule has 2 aromatic rings. The van der Waals surface area contributed by atoms with Gasteiger partial charge in [-0.25, -0.2) is 0 Å². The number of benzene rings is 2. The van der Waals surface area contributed by atoms with Gasteiger partial charge in [-0.1, -0.05) is 0 Å². The fraction of sp³-hybridized carbons (Fsp3) is 0.118. The van der Waals surface area contributed by atoms with Gasteiger partial charge < -0.3 is 0 Å². The molecular formula is C17H16OSe. The number of rotatable bonds is 6. The van der Waals surface area contributed by atoms with E-state index in [-0.39, 0.29) is 15.0 Å². The van der Waals surface area contributed by atoms with Gasteiger partial charge >= 0.3 is 120 Å². The molecule has 0 radical (unpaired) electrons. The van der Waals surface area contributed by atoms with E-state index < -0.39 is 0 Å². The van der Waals surface area contributed by atoms with Gasteiger partial charge in [0.15, 0.2) is 0 Å². The van der Waals surface area contributed by atoms with Gasteiger partial charge in [-0.05, 0) is 0 Å². The van der Waals surface area contributed by atoms with Gasteiger partial charge in [0.25, 0.3) is 0 Å². The van der Waals surface area contributed by atoms with Crippen LogP contribution in [0.5, 0.6) is 0 Å². The van der Waals surface area contributed by atoms with Gasteiger partial charge in [0.1, 0.15) is 0 Å². The first kappa shape index (κ1) is 13.8. The Morgan fingerprint density at radius 2 is 1.58 bits per heavy atom. The van der Waals surface area contributed by atoms with Crippen molar-refractivity contribution in [1.29, 1.82) is 0 Å². The van der Waals surface area contributed by atoms with Gasteiger partial charge in [-0.15, -0.1) is 0 Å². The van der Waals surface area contributed by atoms with Gasteiger partial charge in [-0.3, -0.25) is 0 Å². The van der Waals surface area contributed by atoms with E-state index >= 15 is 0 Å². The number of hydrogen-bond donors (Lipinski definition) is 0. The van der Waals surface area contributed by atoms with Crippen LogP contribution >= 0.6 is 0 Å². The molecule has 0 saturated carbocycles. The van der Waals surface area contributed by atoms with Gasteiger partial charge in [-0.2, -0.15) is 0 Å². The molecule has 0 saturated heterocycles. The molecule has 0 heterocycles. The van der Waals surface area contributed by atoms with E-state index in [0.29, 0.717) is 11.1 Å². The van der Waals surface area contributed by atoms with Crippen LogP contribution in [0.25, 0.3) is 6.08 Å². The molecule has 0 fully saturated rings. The van der Waals surface area contributed by atoms with Crippen LogP contribution in [0.15, 0.2) is 66.7 Å². The zero-order valence-corrected chi connectivity index (χ0v) is 12.4. The summed E-state index contributed by atoms with van der Waals surface area (Å²) in [6, 6.07) is 20.1. The van der Waals surface area contributed by atoms with E-state index in [9.17, 15) is 4.79 Å². The Morgan fingerprint density at radius 1 is 0.947 bits per heavy atom. The van der Waals surface area contributed by atoms with E-state index in [4.69, 9.17) is 0 Å². The Bertz CT molecular complexity index is 532. The fourth-order valence-electron chi connectivity index (χ4n) is 1.70. The Kier molecular flexibility index (Phi) is 5.61. The van der Waals surface area contributed by atoms with Crippen molar-refractivity contribution in [1.82, 2.24) is 0 Å². The van der Waals surface area contributed by atoms with Crippen molar-refractivity contribution in [2.24, 2.45) is 0 Å². The molecule has 0 amide bonds. The summed E-state index contributed by atoms with van der Waals surface area (Å²) in [4.78, 5) is 11.8. The van der Waals surface area contributed by atoms with E-state index in [1.807, 2.05) is 48.5 Å². The van der Waals surface area contributed by atoms with Crippen LogP contribution in [0.1, 0.15) is 11.1 Å². The molecule has 0 aromatic heterocycles. The van der Waals surface area contributed by atoms with Crippen molar-refractivity contribution in [2.45, 2.75) is 11.7 Å². The molecule has 0 spiro atoms. The third-order valence-corrected chi connectivity index (χ3v) is 4.37. The molecule has 0 N–H and O–H groups in total. The van der Waals surface area contributed by atoms with Crippen molar-refractivity contribution in [2.75, 3.05) is 0 Å². The van der Waals surface area contributed by atoms with Crippen molar-refractivity contribution >= 4 is 25.7 Å². The first-order valence-corrected chi connectivity index (χ1v) is 8.32. The minimum atomic E-state index is 0.0428. The average Bonchev–Trinajstić information content (AvgIpc) is 2.46. The summed E-state index contributed by atoms with van der Waals surface area (Å²) in [5.41, 5.74) is 2.30. The third kappa shape index (κ3) is 5.25. The van der Waals surface area contributed by atoms with Crippen LogP contribution in [0.2, 0.25) is 5.32 Å². The Labute approximate surface area is 120 Å². The molecule has 19 heavy (non-hydrogen) atoms. The number of hydrogen-bond acceptors (Lipinski definition) is 1. The van der Waals surface area contributed by atoms with Crippen LogP contribution < -0.4 is 0 Å². The Hall–Kier alpha value is -1.63. The van der Waals surface area contributed by atoms with Gasteiger partial charge in [0.2, 0.25) is 0 Å². The van der Waals surface area contributed by atoms with Gasteiger partial charge in [0.05, 0.1) is 0 Å². The molecule has 0 aliphatic carbocycles. The first-order valence-electron chi connectivity index (χ1n) is 6.26. The molecule has 2 heteroatoms. The summed E-state index contributed by atoms with van der Waals surface area (Å²) < 4.78 is 0.358. The van der Waals surface area contributed by atoms with Crippen LogP contribution in [0.4, 0.5) is 0 Å². The molecule has 0 aliphatic heterocycles. The zero-order valence-electron chi connectivity index (χ0n) is 10.7. The van der Waals surface area contributed by atoms with Crippen molar-refractivity contribution in [3.05, 3.63) is 77.9 Å². The third-order valence-electron chi connectivity index (χ3n) is 2.64. The standard InChI is InChI=1S/C17H16OSe/c18-17(14-16-10-5-2-6-11-16)19-13-7-12-15-8-3-1-4-9-15/h1-12H,13-14H2/b12-7+. The zero-order chi connectivity index (χ0) is 13.3. The quantitative estimate of drug-likeness (QED) is 0.745. The van der Waals surface area contributed by atoms with Crippen LogP contribution in [-0.4, -0.2) is 19.6 Å². The molecule has 0 unspecified atom stereocenters. The summed E-state index contributed by atoms with van der Waals surface area (Å²) in [6.07, 6.45) is 4.75. The molecule has 0 aliphatic rings. The second-order valence-corrected chi connectivity index (χ2v) is 6.42. The van der Waals surface area contributed by atoms with Gasteiger partial charge in [0, 0.05) is 0 Å². The number of carbonyl (C=O) groups excluding carboxylic acids is 1. The first-order chi connectivity index (χ1) is 9.34. The Morgan fingerprint density at radius 3 is 2.26 bits per heavy atom. The van der Waals surface area contributed by atoms with Crippen molar-refractivity contribution in [3.8, 4) is 0 Å². The minimum absolute atomic E-state index is 0.0428. The van der Waals surface area contributed by atoms with Crippen LogP contribution in [0, 0.1) is 0 Å². The van der Waals surface area contributed by atoms with E-state index in [0.717, 1.165) is 10.9 Å². The molecule has 0 bridgehead atoms. The monoisotopic (exact) mass is 316 g/mol. The average molecular weight is 315 g/mol. The number of allylic oxidation sites excluding steroid dienone is 1. The summed E-state index contributed by atoms with van der Waals surface area (Å²) in [5, 5.41) is 0.869. The summed E-state index contributed by atoms with van der Waals surface area (Å²) in [7, 11) is 0. The topological polar surface area (TPSA) is 17.1 Å². The fourth-order valence-corrected chi connectivity index (χ4v) is 3.06. The normalized spacial score (nSPS) is 10.7. The molecule has 1 nitrogen and oxygen atoms in total. The van der Waals surface area contributed by atoms with E-state index in [1.165, 1.54) is 5.56 Å². The summed E-state index contributed by atoms with van der Waals surface area (Å²) in [5.74, 6) is 0. The maximum absolute atomic E-state index is 11.8. The summed E-state index contributed by atoms with van der Waals surface area (Å²) in [6.45, 7) is 0. The van der Waals surface area contributed by atoms with E-state index in [2.05, 4.69) is 24.3 Å². The Balaban J connectivity index is 1.74. The predicted octanol–water partition coefficient (Wildman–Crippen LogP) is 3.59. The molecule has 2 rings (SSSR count). The summed E-state index contributed by atoms with van der Waals surface area (Å²) >= 11 is 0.0428. The molecule has 96 valence electrons. The molecule has 0 atom stereocenters. The second-order valence-electron chi connectivity index (χ2n) is 4.16. The SMILES string of the molecule is O=C(Cc1ccccc1)[Se]C/C=C/c1ccccc1. The maximum atomic E-state index is 11.8. The number of carbonyl (C=O) groups is 1. The predicted molar refractivity (Wildman–Crippen MR) is 81.2 cm³/mol. The van der Waals surface area contributed by atoms with Crippen molar-refractivity contribution < 1.29 is 4.79 Å². The van der Waals surface area contributed by atoms with E-state index in [1.54, 1.807) is 0 Å². The molecular weight excluding hydrogens is 299 g/mol. The van der Waals surface area contributed by atoms with Crippen LogP contribution in [0.3, 0.4) is 0 Å². The second kappa shape index (κ2) is 7.73. The van der Waals surface area contributed by atoms with Crippen molar-refractivity contribution in [3.63, 3.8) is 0 Å². The molecule has 2 aromatic carbocycles. The van der Waals surface area contributed by atoms with Crippen LogP contribution in [-0.2, 0) is 11.2 Å².